The van der Waals surface area contributed by atoms with Crippen molar-refractivity contribution in [2.45, 2.75) is 27.3 Å². The molecule has 0 bridgehead atoms. The minimum atomic E-state index is -0.252. The van der Waals surface area contributed by atoms with Crippen molar-refractivity contribution in [2.75, 3.05) is 32.7 Å². The van der Waals surface area contributed by atoms with Crippen LogP contribution in [0.4, 0.5) is 4.39 Å². The normalized spacial score (nSPS) is 16.0. The van der Waals surface area contributed by atoms with Crippen LogP contribution in [-0.2, 0) is 6.54 Å². The van der Waals surface area contributed by atoms with E-state index in [0.717, 1.165) is 50.5 Å². The minimum Gasteiger partial charge on any atom is -0.301 e. The Kier molecular flexibility index (Phi) is 5.62. The maximum Gasteiger partial charge on any atom is 0.148 e. The smallest absolute Gasteiger partial charge is 0.148 e. The number of halogens is 1. The lowest BCUT2D eigenvalue weighted by Gasteiger charge is -2.33. The van der Waals surface area contributed by atoms with Gasteiger partial charge in [-0.2, -0.15) is 5.10 Å². The van der Waals surface area contributed by atoms with Gasteiger partial charge in [-0.3, -0.25) is 4.90 Å². The molecule has 0 aliphatic carbocycles. The first-order chi connectivity index (χ1) is 13.5. The number of thiophene rings is 1. The first kappa shape index (κ1) is 19.3. The molecule has 1 aliphatic rings. The van der Waals surface area contributed by atoms with Gasteiger partial charge in [-0.25, -0.2) is 9.07 Å². The second-order valence-corrected chi connectivity index (χ2v) is 8.90. The standard InChI is InChI=1S/C22H27FN4S/c1-4-25-9-11-26(12-10-25)14-18-15-27(21-8-6-5-7-20(21)23)24-22(18)19-13-16(2)28-17(19)3/h5-8,13,15H,4,9-12,14H2,1-3H3. The molecule has 0 unspecified atom stereocenters. The van der Waals surface area contributed by atoms with E-state index in [9.17, 15) is 4.39 Å². The molecule has 2 aromatic heterocycles. The predicted molar refractivity (Wildman–Crippen MR) is 114 cm³/mol. The Balaban J connectivity index is 1.69. The number of hydrogen-bond acceptors (Lipinski definition) is 4. The summed E-state index contributed by atoms with van der Waals surface area (Å²) in [5.41, 5.74) is 3.80. The molecule has 0 amide bonds. The third-order valence-electron chi connectivity index (χ3n) is 5.49. The summed E-state index contributed by atoms with van der Waals surface area (Å²) in [4.78, 5) is 7.49. The Morgan fingerprint density at radius 3 is 2.43 bits per heavy atom. The maximum absolute atomic E-state index is 14.4. The number of rotatable bonds is 5. The van der Waals surface area contributed by atoms with Gasteiger partial charge in [0.2, 0.25) is 0 Å². The lowest BCUT2D eigenvalue weighted by molar-refractivity contribution is 0.132. The van der Waals surface area contributed by atoms with Gasteiger partial charge in [0.1, 0.15) is 11.5 Å². The van der Waals surface area contributed by atoms with Crippen LogP contribution in [0.15, 0.2) is 36.5 Å². The van der Waals surface area contributed by atoms with Crippen LogP contribution in [-0.4, -0.2) is 52.3 Å². The molecule has 0 N–H and O–H groups in total. The van der Waals surface area contributed by atoms with Crippen molar-refractivity contribution in [1.82, 2.24) is 19.6 Å². The SMILES string of the molecule is CCN1CCN(Cc2cn(-c3ccccc3F)nc2-c2cc(C)sc2C)CC1. The number of para-hydroxylation sites is 1. The largest absolute Gasteiger partial charge is 0.301 e. The Bertz CT molecular complexity index is 953. The van der Waals surface area contributed by atoms with Gasteiger partial charge in [0.05, 0.1) is 5.69 Å². The van der Waals surface area contributed by atoms with Gasteiger partial charge in [-0.05, 0) is 38.6 Å². The Labute approximate surface area is 170 Å². The van der Waals surface area contributed by atoms with E-state index >= 15 is 0 Å². The van der Waals surface area contributed by atoms with Crippen molar-refractivity contribution < 1.29 is 4.39 Å². The Morgan fingerprint density at radius 1 is 1.07 bits per heavy atom. The zero-order chi connectivity index (χ0) is 19.7. The number of aromatic nitrogens is 2. The summed E-state index contributed by atoms with van der Waals surface area (Å²) < 4.78 is 16.1. The highest BCUT2D eigenvalue weighted by atomic mass is 32.1. The average molecular weight is 399 g/mol. The van der Waals surface area contributed by atoms with E-state index in [1.807, 2.05) is 12.3 Å². The molecule has 1 saturated heterocycles. The Hall–Kier alpha value is -2.02. The second-order valence-electron chi connectivity index (χ2n) is 7.44. The van der Waals surface area contributed by atoms with Crippen LogP contribution in [0.25, 0.3) is 16.9 Å². The molecule has 0 spiro atoms. The first-order valence-electron chi connectivity index (χ1n) is 9.90. The van der Waals surface area contributed by atoms with E-state index in [2.05, 4.69) is 36.6 Å². The van der Waals surface area contributed by atoms with Gasteiger partial charge < -0.3 is 4.90 Å². The average Bonchev–Trinajstić information content (AvgIpc) is 3.25. The summed E-state index contributed by atoms with van der Waals surface area (Å²) >= 11 is 1.79. The fraction of sp³-hybridized carbons (Fsp3) is 0.409. The molecule has 6 heteroatoms. The highest BCUT2D eigenvalue weighted by molar-refractivity contribution is 7.12. The van der Waals surface area contributed by atoms with Crippen molar-refractivity contribution in [3.05, 3.63) is 57.7 Å². The summed E-state index contributed by atoms with van der Waals surface area (Å²) in [6.07, 6.45) is 2.01. The Morgan fingerprint density at radius 2 is 1.79 bits per heavy atom. The van der Waals surface area contributed by atoms with Gasteiger partial charge in [-0.1, -0.05) is 19.1 Å². The number of benzene rings is 1. The number of nitrogens with zero attached hydrogens (tertiary/aromatic N) is 4. The van der Waals surface area contributed by atoms with Crippen LogP contribution in [0, 0.1) is 19.7 Å². The summed E-state index contributed by atoms with van der Waals surface area (Å²) in [6, 6.07) is 9.03. The van der Waals surface area contributed by atoms with E-state index < -0.39 is 0 Å². The van der Waals surface area contributed by atoms with Gasteiger partial charge in [-0.15, -0.1) is 11.3 Å². The second kappa shape index (κ2) is 8.15. The van der Waals surface area contributed by atoms with Crippen LogP contribution in [0.1, 0.15) is 22.2 Å². The van der Waals surface area contributed by atoms with Gasteiger partial charge >= 0.3 is 0 Å². The number of likely N-dealkylation sites (N-methyl/N-ethyl adjacent to an activating group) is 1. The highest BCUT2D eigenvalue weighted by Crippen LogP contribution is 2.33. The number of aryl methyl sites for hydroxylation is 2. The van der Waals surface area contributed by atoms with Crippen molar-refractivity contribution in [3.63, 3.8) is 0 Å². The molecular formula is C22H27FN4S. The molecule has 4 rings (SSSR count). The number of piperazine rings is 1. The minimum absolute atomic E-state index is 0.252. The topological polar surface area (TPSA) is 24.3 Å². The summed E-state index contributed by atoms with van der Waals surface area (Å²) in [6.45, 7) is 12.7. The lowest BCUT2D eigenvalue weighted by atomic mass is 10.1. The third kappa shape index (κ3) is 3.90. The van der Waals surface area contributed by atoms with Crippen LogP contribution >= 0.6 is 11.3 Å². The molecule has 1 aliphatic heterocycles. The number of hydrogen-bond donors (Lipinski definition) is 0. The van der Waals surface area contributed by atoms with Crippen LogP contribution in [0.3, 0.4) is 0 Å². The quantitative estimate of drug-likeness (QED) is 0.633. The molecular weight excluding hydrogens is 371 g/mol. The zero-order valence-corrected chi connectivity index (χ0v) is 17.6. The fourth-order valence-electron chi connectivity index (χ4n) is 3.88. The van der Waals surface area contributed by atoms with Crippen LogP contribution < -0.4 is 0 Å². The molecule has 0 radical (unpaired) electrons. The van der Waals surface area contributed by atoms with Crippen molar-refractivity contribution in [3.8, 4) is 16.9 Å². The fourth-order valence-corrected chi connectivity index (χ4v) is 4.81. The molecule has 3 heterocycles. The molecule has 1 aromatic carbocycles. The van der Waals surface area contributed by atoms with Gasteiger partial charge in [0.25, 0.3) is 0 Å². The molecule has 148 valence electrons. The molecule has 1 fully saturated rings. The first-order valence-corrected chi connectivity index (χ1v) is 10.7. The predicted octanol–water partition coefficient (Wildman–Crippen LogP) is 4.49. The molecule has 0 atom stereocenters. The molecule has 4 nitrogen and oxygen atoms in total. The van der Waals surface area contributed by atoms with E-state index in [4.69, 9.17) is 5.10 Å². The highest BCUT2D eigenvalue weighted by Gasteiger charge is 2.21. The molecule has 0 saturated carbocycles. The van der Waals surface area contributed by atoms with Gasteiger partial charge in [0.15, 0.2) is 0 Å². The zero-order valence-electron chi connectivity index (χ0n) is 16.8. The third-order valence-corrected chi connectivity index (χ3v) is 6.46. The van der Waals surface area contributed by atoms with E-state index in [-0.39, 0.29) is 5.82 Å². The van der Waals surface area contributed by atoms with Crippen molar-refractivity contribution >= 4 is 11.3 Å². The van der Waals surface area contributed by atoms with E-state index in [1.165, 1.54) is 21.4 Å². The molecule has 28 heavy (non-hydrogen) atoms. The van der Waals surface area contributed by atoms with E-state index in [1.54, 1.807) is 28.2 Å². The lowest BCUT2D eigenvalue weighted by Crippen LogP contribution is -2.45. The summed E-state index contributed by atoms with van der Waals surface area (Å²) in [7, 11) is 0. The monoisotopic (exact) mass is 398 g/mol. The van der Waals surface area contributed by atoms with Crippen LogP contribution in [0.2, 0.25) is 0 Å². The van der Waals surface area contributed by atoms with Crippen molar-refractivity contribution in [1.29, 1.82) is 0 Å². The maximum atomic E-state index is 14.4. The van der Waals surface area contributed by atoms with Gasteiger partial charge in [0, 0.05) is 59.8 Å². The van der Waals surface area contributed by atoms with Crippen LogP contribution in [0.5, 0.6) is 0 Å². The summed E-state index contributed by atoms with van der Waals surface area (Å²) in [5.74, 6) is -0.252. The van der Waals surface area contributed by atoms with E-state index in [0.29, 0.717) is 5.69 Å². The molecule has 3 aromatic rings. The van der Waals surface area contributed by atoms with Crippen molar-refractivity contribution in [2.24, 2.45) is 0 Å². The summed E-state index contributed by atoms with van der Waals surface area (Å²) in [5, 5.41) is 4.83.